The highest BCUT2D eigenvalue weighted by Crippen LogP contribution is 2.47. The van der Waals surface area contributed by atoms with Gasteiger partial charge in [-0.1, -0.05) is 44.2 Å². The number of carbonyl (C=O) groups excluding carboxylic acids is 5. The molecule has 2 unspecified atom stereocenters. The summed E-state index contributed by atoms with van der Waals surface area (Å²) in [6, 6.07) is 7.25. The van der Waals surface area contributed by atoms with Crippen LogP contribution in [0, 0.1) is 11.8 Å². The summed E-state index contributed by atoms with van der Waals surface area (Å²) in [6.07, 6.45) is 0.511. The van der Waals surface area contributed by atoms with E-state index in [0.717, 1.165) is 5.56 Å². The normalized spacial score (nSPS) is 18.3. The van der Waals surface area contributed by atoms with Crippen LogP contribution in [0.1, 0.15) is 58.4 Å². The lowest BCUT2D eigenvalue weighted by molar-refractivity contribution is -0.149. The van der Waals surface area contributed by atoms with E-state index in [1.54, 1.807) is 27.7 Å². The zero-order chi connectivity index (χ0) is 27.5. The Morgan fingerprint density at radius 1 is 1.06 bits per heavy atom. The molecular formula is C26H37N3O7. The number of hydrogen-bond donors (Lipinski definition) is 3. The maximum Gasteiger partial charge on any atom is 0.328 e. The molecule has 0 saturated heterocycles. The van der Waals surface area contributed by atoms with Crippen molar-refractivity contribution in [3.63, 3.8) is 0 Å². The van der Waals surface area contributed by atoms with E-state index < -0.39 is 48.3 Å². The first kappa shape index (κ1) is 27.2. The molecule has 0 aliphatic heterocycles. The Bertz CT molecular complexity index is 957. The van der Waals surface area contributed by atoms with Gasteiger partial charge in [-0.05, 0) is 44.1 Å². The number of esters is 2. The molecule has 2 rings (SSSR count). The first-order chi connectivity index (χ1) is 17.6. The Morgan fingerprint density at radius 3 is 2.33 bits per heavy atom. The van der Waals surface area contributed by atoms with Gasteiger partial charge in [0.25, 0.3) is 0 Å². The monoisotopic (exact) mass is 504 g/mol. The lowest BCUT2D eigenvalue weighted by Gasteiger charge is -2.25. The van der Waals surface area contributed by atoms with E-state index in [1.165, 1.54) is 0 Å². The Balaban J connectivity index is 1.96. The quantitative estimate of drug-likeness (QED) is 0.326. The van der Waals surface area contributed by atoms with Gasteiger partial charge in [0.1, 0.15) is 12.1 Å². The Kier molecular flexibility index (Phi) is 10.7. The van der Waals surface area contributed by atoms with Crippen molar-refractivity contribution in [1.82, 2.24) is 15.9 Å². The van der Waals surface area contributed by atoms with E-state index in [4.69, 9.17) is 10.9 Å². The van der Waals surface area contributed by atoms with E-state index in [0.29, 0.717) is 11.7 Å². The van der Waals surface area contributed by atoms with Crippen molar-refractivity contribution < 1.29 is 34.9 Å². The fourth-order valence-corrected chi connectivity index (χ4v) is 3.80. The first-order valence-corrected chi connectivity index (χ1v) is 12.4. The van der Waals surface area contributed by atoms with Crippen molar-refractivity contribution in [2.24, 2.45) is 11.8 Å². The molecule has 1 aliphatic rings. The van der Waals surface area contributed by atoms with Crippen molar-refractivity contribution in [2.75, 3.05) is 19.8 Å². The molecule has 1 aliphatic carbocycles. The third kappa shape index (κ3) is 8.98. The minimum Gasteiger partial charge on any atom is -0.466 e. The molecule has 1 fully saturated rings. The van der Waals surface area contributed by atoms with E-state index in [-0.39, 0.29) is 43.8 Å². The van der Waals surface area contributed by atoms with Gasteiger partial charge in [-0.2, -0.15) is 0 Å². The summed E-state index contributed by atoms with van der Waals surface area (Å²) in [5.41, 5.74) is 1.06. The van der Waals surface area contributed by atoms with Crippen LogP contribution in [-0.2, 0) is 33.4 Å². The molecule has 0 aromatic heterocycles. The molecule has 0 radical (unpaired) electrons. The van der Waals surface area contributed by atoms with Crippen molar-refractivity contribution in [3.8, 4) is 0 Å². The van der Waals surface area contributed by atoms with Crippen LogP contribution in [0.4, 0.5) is 0 Å². The number of nitrogens with one attached hydrogen (secondary N) is 3. The molecule has 198 valence electrons. The molecule has 0 heterocycles. The van der Waals surface area contributed by atoms with E-state index in [1.807, 2.05) is 30.3 Å². The van der Waals surface area contributed by atoms with Gasteiger partial charge in [-0.3, -0.25) is 19.2 Å². The van der Waals surface area contributed by atoms with Gasteiger partial charge in [-0.25, -0.2) is 4.79 Å². The molecule has 0 bridgehead atoms. The van der Waals surface area contributed by atoms with E-state index in [2.05, 4.69) is 10.6 Å². The molecular weight excluding hydrogens is 466 g/mol. The smallest absolute Gasteiger partial charge is 0.328 e. The van der Waals surface area contributed by atoms with Gasteiger partial charge in [-0.15, -0.1) is 0 Å². The summed E-state index contributed by atoms with van der Waals surface area (Å²) in [7, 11) is 0. The molecule has 0 spiro atoms. The summed E-state index contributed by atoms with van der Waals surface area (Å²) in [5.74, 6) is -3.63. The second-order valence-corrected chi connectivity index (χ2v) is 8.95. The molecule has 36 heavy (non-hydrogen) atoms. The average Bonchev–Trinajstić information content (AvgIpc) is 3.66. The predicted molar refractivity (Wildman–Crippen MR) is 131 cm³/mol. The van der Waals surface area contributed by atoms with E-state index >= 15 is 0 Å². The zero-order valence-corrected chi connectivity index (χ0v) is 21.3. The molecule has 10 nitrogen and oxygen atoms in total. The molecule has 10 heteroatoms. The topological polar surface area (TPSA) is 140 Å². The first-order valence-electron chi connectivity index (χ1n) is 12.8. The van der Waals surface area contributed by atoms with Gasteiger partial charge in [0, 0.05) is 12.3 Å². The molecule has 1 saturated carbocycles. The zero-order valence-electron chi connectivity index (χ0n) is 22.3. The highest BCUT2D eigenvalue weighted by atomic mass is 16.5. The summed E-state index contributed by atoms with van der Waals surface area (Å²) in [4.78, 5) is 62.3. The number of amides is 3. The molecule has 1 aromatic carbocycles. The van der Waals surface area contributed by atoms with Crippen LogP contribution in [-0.4, -0.2) is 61.5 Å². The lowest BCUT2D eigenvalue weighted by atomic mass is 10.0. The highest BCUT2D eigenvalue weighted by Gasteiger charge is 2.43. The fraction of sp³-hybridized carbons (Fsp3) is 0.577. The largest absolute Gasteiger partial charge is 0.466 e. The van der Waals surface area contributed by atoms with Gasteiger partial charge in [0.2, 0.25) is 17.7 Å². The fourth-order valence-electron chi connectivity index (χ4n) is 3.80. The van der Waals surface area contributed by atoms with E-state index in [9.17, 15) is 24.0 Å². The van der Waals surface area contributed by atoms with Crippen molar-refractivity contribution in [3.05, 3.63) is 35.9 Å². The van der Waals surface area contributed by atoms with Gasteiger partial charge >= 0.3 is 11.9 Å². The number of hydrogen-bond acceptors (Lipinski definition) is 7. The van der Waals surface area contributed by atoms with Gasteiger partial charge < -0.3 is 25.4 Å². The predicted octanol–water partition coefficient (Wildman–Crippen LogP) is 1.44. The minimum absolute atomic E-state index is 0.0554. The highest BCUT2D eigenvalue weighted by molar-refractivity contribution is 5.93. The second-order valence-electron chi connectivity index (χ2n) is 8.95. The van der Waals surface area contributed by atoms with Crippen LogP contribution < -0.4 is 15.9 Å². The number of rotatable bonds is 14. The van der Waals surface area contributed by atoms with Crippen LogP contribution in [0.2, 0.25) is 1.41 Å². The number of carbonyl (C=O) groups is 5. The van der Waals surface area contributed by atoms with Crippen molar-refractivity contribution >= 4 is 29.7 Å². The van der Waals surface area contributed by atoms with Crippen LogP contribution in [0.3, 0.4) is 0 Å². The molecule has 3 amide bonds. The van der Waals surface area contributed by atoms with Gasteiger partial charge in [0.15, 0.2) is 1.41 Å². The van der Waals surface area contributed by atoms with Crippen molar-refractivity contribution in [2.45, 2.75) is 65.0 Å². The standard InChI is InChI=1S/C26H37N3O7/c1-5-35-22(31)13-12-20(26(34)36-6-2)28-25(33)23(16(3)4)29-21(30)15-27-24(32)19-14-18(19)17-10-8-7-9-11-17/h7-11,16,18-20,23H,5-6,12-15H2,1-4H3,(H,27,32)(H,28,33)(H,29,30)/t18?,19?,20-,23-/m0/s1/i/hD. The summed E-state index contributed by atoms with van der Waals surface area (Å²) in [5, 5.41) is 5.60. The molecule has 4 atom stereocenters. The lowest BCUT2D eigenvalue weighted by Crippen LogP contribution is -2.55. The van der Waals surface area contributed by atoms with Crippen molar-refractivity contribution in [1.29, 1.82) is 0 Å². The third-order valence-corrected chi connectivity index (χ3v) is 5.78. The molecule has 1 aromatic rings. The van der Waals surface area contributed by atoms with Gasteiger partial charge in [0.05, 0.1) is 19.8 Å². The average molecular weight is 505 g/mol. The summed E-state index contributed by atoms with van der Waals surface area (Å²) in [6.45, 7) is 6.42. The maximum absolute atomic E-state index is 13.0. The Hall–Kier alpha value is -3.43. The summed E-state index contributed by atoms with van der Waals surface area (Å²) < 4.78 is 18.1. The van der Waals surface area contributed by atoms with Crippen LogP contribution >= 0.6 is 0 Å². The number of benzene rings is 1. The van der Waals surface area contributed by atoms with Crippen LogP contribution in [0.5, 0.6) is 0 Å². The third-order valence-electron chi connectivity index (χ3n) is 5.78. The van der Waals surface area contributed by atoms with Crippen LogP contribution in [0.15, 0.2) is 30.3 Å². The Morgan fingerprint density at radius 2 is 1.72 bits per heavy atom. The minimum atomic E-state index is -1.23. The Labute approximate surface area is 213 Å². The maximum atomic E-state index is 13.0. The summed E-state index contributed by atoms with van der Waals surface area (Å²) >= 11 is 0. The molecule has 3 N–H and O–H groups in total. The second kappa shape index (κ2) is 14.2. The SMILES string of the molecule is [2H]N(C(=O)CNC(=O)C1CC1c1ccccc1)[C@H](C(=O)N[C@@H](CCC(=O)OCC)C(=O)OCC)C(C)C. The van der Waals surface area contributed by atoms with Crippen LogP contribution in [0.25, 0.3) is 0 Å². The number of ether oxygens (including phenoxy) is 2.